The molecular weight excluding hydrogens is 192 g/mol. The number of nitrogens with zero attached hydrogens (tertiary/aromatic N) is 2. The maximum absolute atomic E-state index is 11.1. The van der Waals surface area contributed by atoms with Crippen molar-refractivity contribution in [2.24, 2.45) is 11.5 Å². The normalized spacial score (nSPS) is 16.4. The van der Waals surface area contributed by atoms with Gasteiger partial charge in [0.15, 0.2) is 0 Å². The quantitative estimate of drug-likeness (QED) is 0.354. The number of imide groups is 2. The van der Waals surface area contributed by atoms with E-state index < -0.39 is 29.4 Å². The van der Waals surface area contributed by atoms with Gasteiger partial charge in [0.25, 0.3) is 11.8 Å². The summed E-state index contributed by atoms with van der Waals surface area (Å²) in [6.45, 7) is 3.08. The molecule has 0 bridgehead atoms. The van der Waals surface area contributed by atoms with Crippen molar-refractivity contribution in [2.75, 3.05) is 0 Å². The summed E-state index contributed by atoms with van der Waals surface area (Å²) in [7, 11) is 0. The fourth-order valence-electron chi connectivity index (χ4n) is 0.926. The molecule has 1 rings (SSSR count). The van der Waals surface area contributed by atoms with Crippen LogP contribution in [0.15, 0.2) is 12.2 Å². The fraction of sp³-hybridized carbons (Fsp3) is 0. The van der Waals surface area contributed by atoms with Crippen molar-refractivity contribution in [3.8, 4) is 0 Å². The second-order valence-electron chi connectivity index (χ2n) is 2.39. The van der Waals surface area contributed by atoms with Gasteiger partial charge in [0.2, 0.25) is 0 Å². The Morgan fingerprint density at radius 2 is 1.29 bits per heavy atom. The summed E-state index contributed by atoms with van der Waals surface area (Å²) in [6.07, 6.45) is 0. The molecule has 1 aliphatic heterocycles. The highest BCUT2D eigenvalue weighted by Gasteiger charge is 2.45. The zero-order chi connectivity index (χ0) is 11.0. The minimum Gasteiger partial charge on any atom is -0.350 e. The van der Waals surface area contributed by atoms with Gasteiger partial charge in [-0.3, -0.25) is 9.59 Å². The molecule has 0 aliphatic carbocycles. The van der Waals surface area contributed by atoms with Gasteiger partial charge in [-0.2, -0.15) is 10.0 Å². The third kappa shape index (κ3) is 1.09. The average Bonchev–Trinajstić information content (AvgIpc) is 2.29. The number of hydrogen-bond acceptors (Lipinski definition) is 4. The molecule has 0 radical (unpaired) electrons. The van der Waals surface area contributed by atoms with Gasteiger partial charge >= 0.3 is 12.1 Å². The molecule has 6 amide bonds. The predicted octanol–water partition coefficient (Wildman–Crippen LogP) is -1.71. The lowest BCUT2D eigenvalue weighted by Gasteiger charge is -2.18. The van der Waals surface area contributed by atoms with Gasteiger partial charge in [0, 0.05) is 0 Å². The maximum Gasteiger partial charge on any atom is 0.341 e. The fourth-order valence-corrected chi connectivity index (χ4v) is 0.926. The second kappa shape index (κ2) is 2.83. The number of rotatable bonds is 0. The topological polar surface area (TPSA) is 127 Å². The van der Waals surface area contributed by atoms with Crippen LogP contribution >= 0.6 is 0 Å². The zero-order valence-electron chi connectivity index (χ0n) is 6.89. The molecule has 8 nitrogen and oxygen atoms in total. The lowest BCUT2D eigenvalue weighted by molar-refractivity contribution is -0.135. The first-order valence-electron chi connectivity index (χ1n) is 3.34. The zero-order valence-corrected chi connectivity index (χ0v) is 6.89. The van der Waals surface area contributed by atoms with Crippen LogP contribution in [0, 0.1) is 0 Å². The molecule has 0 aromatic carbocycles. The Morgan fingerprint density at radius 3 is 1.50 bits per heavy atom. The molecule has 1 saturated heterocycles. The first-order chi connectivity index (χ1) is 6.37. The van der Waals surface area contributed by atoms with Crippen LogP contribution in [0.3, 0.4) is 0 Å². The van der Waals surface area contributed by atoms with Gasteiger partial charge in [0.05, 0.1) is 0 Å². The van der Waals surface area contributed by atoms with Crippen molar-refractivity contribution in [3.63, 3.8) is 0 Å². The molecule has 0 spiro atoms. The molecule has 0 aromatic rings. The Balaban J connectivity index is 3.21. The molecule has 0 unspecified atom stereocenters. The highest BCUT2D eigenvalue weighted by molar-refractivity contribution is 6.29. The van der Waals surface area contributed by atoms with Crippen molar-refractivity contribution in [1.82, 2.24) is 10.0 Å². The largest absolute Gasteiger partial charge is 0.350 e. The van der Waals surface area contributed by atoms with E-state index in [-0.39, 0.29) is 10.0 Å². The minimum absolute atomic E-state index is 0.132. The van der Waals surface area contributed by atoms with E-state index in [1.165, 1.54) is 0 Å². The van der Waals surface area contributed by atoms with Crippen molar-refractivity contribution >= 4 is 23.9 Å². The molecule has 1 fully saturated rings. The highest BCUT2D eigenvalue weighted by Crippen LogP contribution is 2.16. The smallest absolute Gasteiger partial charge is 0.341 e. The second-order valence-corrected chi connectivity index (χ2v) is 2.39. The maximum atomic E-state index is 11.1. The molecule has 0 aromatic heterocycles. The molecule has 0 atom stereocenters. The molecule has 8 heteroatoms. The van der Waals surface area contributed by atoms with E-state index in [1.54, 1.807) is 0 Å². The van der Waals surface area contributed by atoms with E-state index in [1.807, 2.05) is 0 Å². The summed E-state index contributed by atoms with van der Waals surface area (Å²) in [5.41, 5.74) is 8.99. The summed E-state index contributed by atoms with van der Waals surface area (Å²) in [5, 5.41) is 0.264. The van der Waals surface area contributed by atoms with Crippen LogP contribution in [0.1, 0.15) is 0 Å². The Morgan fingerprint density at radius 1 is 1.00 bits per heavy atom. The molecular formula is C6H6N4O4. The van der Waals surface area contributed by atoms with Gasteiger partial charge < -0.3 is 11.5 Å². The number of hydrazine groups is 1. The lowest BCUT2D eigenvalue weighted by atomic mass is 10.3. The molecule has 74 valence electrons. The molecule has 1 heterocycles. The van der Waals surface area contributed by atoms with Gasteiger partial charge in [-0.05, 0) is 0 Å². The SMILES string of the molecule is C=C1C(=O)N(C(N)=O)N(C(N)=O)C1=O. The Bertz CT molecular complexity index is 340. The summed E-state index contributed by atoms with van der Waals surface area (Å²) in [6, 6.07) is -2.55. The van der Waals surface area contributed by atoms with Crippen LogP contribution in [0.5, 0.6) is 0 Å². The van der Waals surface area contributed by atoms with Crippen LogP contribution in [0.2, 0.25) is 0 Å². The number of carbonyl (C=O) groups excluding carboxylic acids is 4. The third-order valence-electron chi connectivity index (χ3n) is 1.52. The monoisotopic (exact) mass is 198 g/mol. The van der Waals surface area contributed by atoms with Crippen molar-refractivity contribution in [2.45, 2.75) is 0 Å². The number of carbonyl (C=O) groups is 4. The van der Waals surface area contributed by atoms with Crippen LogP contribution in [-0.2, 0) is 9.59 Å². The molecule has 1 aliphatic rings. The van der Waals surface area contributed by atoms with Gasteiger partial charge in [-0.1, -0.05) is 6.58 Å². The lowest BCUT2D eigenvalue weighted by Crippen LogP contribution is -2.52. The van der Waals surface area contributed by atoms with Gasteiger partial charge in [-0.15, -0.1) is 0 Å². The van der Waals surface area contributed by atoms with Crippen LogP contribution < -0.4 is 11.5 Å². The Labute approximate surface area is 77.7 Å². The summed E-state index contributed by atoms with van der Waals surface area (Å²) >= 11 is 0. The van der Waals surface area contributed by atoms with E-state index >= 15 is 0 Å². The number of hydrogen-bond donors (Lipinski definition) is 2. The van der Waals surface area contributed by atoms with Gasteiger partial charge in [0.1, 0.15) is 5.57 Å². The Kier molecular flexibility index (Phi) is 1.97. The molecule has 4 N–H and O–H groups in total. The number of nitrogens with two attached hydrogens (primary N) is 2. The van der Waals surface area contributed by atoms with E-state index in [4.69, 9.17) is 11.5 Å². The average molecular weight is 198 g/mol. The van der Waals surface area contributed by atoms with E-state index in [9.17, 15) is 19.2 Å². The first kappa shape index (κ1) is 9.71. The summed E-state index contributed by atoms with van der Waals surface area (Å²) < 4.78 is 0. The molecule has 14 heavy (non-hydrogen) atoms. The minimum atomic E-state index is -1.28. The van der Waals surface area contributed by atoms with Crippen LogP contribution in [-0.4, -0.2) is 33.9 Å². The standard InChI is InChI=1S/C6H6N4O4/c1-2-3(11)9(5(7)13)10(4(2)12)6(8)14/h1H2,(H2,7,13)(H2,8,14). The number of amides is 6. The van der Waals surface area contributed by atoms with Crippen LogP contribution in [0.25, 0.3) is 0 Å². The highest BCUT2D eigenvalue weighted by atomic mass is 16.2. The Hall–Kier alpha value is -2.38. The van der Waals surface area contributed by atoms with Crippen LogP contribution in [0.4, 0.5) is 9.59 Å². The van der Waals surface area contributed by atoms with E-state index in [2.05, 4.69) is 6.58 Å². The molecule has 0 saturated carbocycles. The van der Waals surface area contributed by atoms with Crippen molar-refractivity contribution in [3.05, 3.63) is 12.2 Å². The first-order valence-corrected chi connectivity index (χ1v) is 3.34. The third-order valence-corrected chi connectivity index (χ3v) is 1.52. The number of urea groups is 2. The summed E-state index contributed by atoms with van der Waals surface area (Å²) in [5.74, 6) is -2.11. The van der Waals surface area contributed by atoms with Gasteiger partial charge in [-0.25, -0.2) is 9.59 Å². The number of primary amides is 2. The van der Waals surface area contributed by atoms with Crippen molar-refractivity contribution < 1.29 is 19.2 Å². The van der Waals surface area contributed by atoms with Crippen molar-refractivity contribution in [1.29, 1.82) is 0 Å². The summed E-state index contributed by atoms with van der Waals surface area (Å²) in [4.78, 5) is 43.7. The van der Waals surface area contributed by atoms with E-state index in [0.29, 0.717) is 0 Å². The van der Waals surface area contributed by atoms with E-state index in [0.717, 1.165) is 0 Å². The predicted molar refractivity (Wildman–Crippen MR) is 42.0 cm³/mol.